The van der Waals surface area contributed by atoms with Crippen molar-refractivity contribution in [2.45, 2.75) is 0 Å². The number of nitrogens with zero attached hydrogens (tertiary/aromatic N) is 4. The topological polar surface area (TPSA) is 46.3 Å². The van der Waals surface area contributed by atoms with Crippen molar-refractivity contribution in [3.05, 3.63) is 29.8 Å². The lowest BCUT2D eigenvalue weighted by Gasteiger charge is -2.10. The van der Waals surface area contributed by atoms with E-state index in [-0.39, 0.29) is 0 Å². The van der Waals surface area contributed by atoms with Gasteiger partial charge in [-0.3, -0.25) is 0 Å². The second-order valence-electron chi connectivity index (χ2n) is 4.14. The lowest BCUT2D eigenvalue weighted by Crippen LogP contribution is -2.26. The summed E-state index contributed by atoms with van der Waals surface area (Å²) in [6.45, 7) is 0. The van der Waals surface area contributed by atoms with Gasteiger partial charge in [-0.2, -0.15) is 4.59 Å². The molecule has 5 nitrogen and oxygen atoms in total. The van der Waals surface area contributed by atoms with Crippen molar-refractivity contribution in [2.24, 2.45) is 15.5 Å². The van der Waals surface area contributed by atoms with E-state index in [0.29, 0.717) is 4.59 Å². The third-order valence-electron chi connectivity index (χ3n) is 1.66. The highest BCUT2D eigenvalue weighted by atomic mass is 16.5. The van der Waals surface area contributed by atoms with Crippen LogP contribution < -0.4 is 4.74 Å². The average molecular weight is 221 g/mol. The van der Waals surface area contributed by atoms with Crippen LogP contribution in [0.3, 0.4) is 0 Å². The minimum Gasteiger partial charge on any atom is -0.497 e. The Balaban J connectivity index is 2.66. The van der Waals surface area contributed by atoms with Gasteiger partial charge in [0.05, 0.1) is 34.5 Å². The predicted molar refractivity (Wildman–Crippen MR) is 63.5 cm³/mol. The normalized spacial score (nSPS) is 12.5. The van der Waals surface area contributed by atoms with E-state index < -0.39 is 0 Å². The van der Waals surface area contributed by atoms with Gasteiger partial charge in [0.25, 0.3) is 0 Å². The molecule has 1 aromatic rings. The molecule has 0 aliphatic heterocycles. The summed E-state index contributed by atoms with van der Waals surface area (Å²) in [6.07, 6.45) is 1.64. The molecule has 0 heterocycles. The van der Waals surface area contributed by atoms with Crippen molar-refractivity contribution >= 4 is 6.21 Å². The van der Waals surface area contributed by atoms with Gasteiger partial charge in [-0.25, -0.2) is 0 Å². The summed E-state index contributed by atoms with van der Waals surface area (Å²) in [4.78, 5) is 0. The van der Waals surface area contributed by atoms with Crippen LogP contribution in [0.5, 0.6) is 5.75 Å². The minimum atomic E-state index is 0.398. The molecule has 0 saturated carbocycles. The van der Waals surface area contributed by atoms with E-state index in [1.54, 1.807) is 13.3 Å². The van der Waals surface area contributed by atoms with E-state index in [1.165, 1.54) is 0 Å². The highest BCUT2D eigenvalue weighted by molar-refractivity contribution is 5.79. The highest BCUT2D eigenvalue weighted by Gasteiger charge is 2.01. The van der Waals surface area contributed by atoms with Gasteiger partial charge in [0.15, 0.2) is 0 Å². The molecule has 1 rings (SSSR count). The molecule has 0 bridgehead atoms. The maximum absolute atomic E-state index is 5.10. The van der Waals surface area contributed by atoms with Crippen LogP contribution in [-0.4, -0.2) is 39.1 Å². The summed E-state index contributed by atoms with van der Waals surface area (Å²) < 4.78 is 5.49. The third kappa shape index (κ3) is 4.65. The van der Waals surface area contributed by atoms with Gasteiger partial charge in [0.1, 0.15) is 5.75 Å². The van der Waals surface area contributed by atoms with Gasteiger partial charge < -0.3 is 4.74 Å². The number of hydrogen-bond acceptors (Lipinski definition) is 3. The second-order valence-corrected chi connectivity index (χ2v) is 4.14. The number of ether oxygens (including phenoxy) is 1. The smallest absolute Gasteiger partial charge is 0.119 e. The highest BCUT2D eigenvalue weighted by Crippen LogP contribution is 2.10. The Labute approximate surface area is 95.6 Å². The monoisotopic (exact) mass is 221 g/mol. The van der Waals surface area contributed by atoms with Gasteiger partial charge in [-0.15, -0.1) is 5.10 Å². The van der Waals surface area contributed by atoms with Crippen LogP contribution in [0.1, 0.15) is 5.56 Å². The lowest BCUT2D eigenvalue weighted by molar-refractivity contribution is -0.882. The summed E-state index contributed by atoms with van der Waals surface area (Å²) in [5.74, 6) is 0.799. The molecule has 0 unspecified atom stereocenters. The van der Waals surface area contributed by atoms with Crippen LogP contribution >= 0.6 is 0 Å². The number of quaternary nitrogens is 1. The van der Waals surface area contributed by atoms with Gasteiger partial charge >= 0.3 is 0 Å². The first kappa shape index (κ1) is 12.3. The first-order valence-corrected chi connectivity index (χ1v) is 4.92. The molecule has 0 saturated heterocycles. The fourth-order valence-corrected chi connectivity index (χ4v) is 0.957. The summed E-state index contributed by atoms with van der Waals surface area (Å²) in [6, 6.07) is 7.58. The SMILES string of the molecule is COc1cccc(/C=N\N=N\[N+](C)(C)C)c1. The molecule has 1 aromatic carbocycles. The van der Waals surface area contributed by atoms with E-state index in [1.807, 2.05) is 45.4 Å². The van der Waals surface area contributed by atoms with Gasteiger partial charge in [-0.1, -0.05) is 12.1 Å². The maximum Gasteiger partial charge on any atom is 0.119 e. The van der Waals surface area contributed by atoms with Gasteiger partial charge in [-0.05, 0) is 17.7 Å². The molecule has 86 valence electrons. The van der Waals surface area contributed by atoms with Crippen LogP contribution in [0.2, 0.25) is 0 Å². The fourth-order valence-electron chi connectivity index (χ4n) is 0.957. The number of benzene rings is 1. The van der Waals surface area contributed by atoms with Crippen LogP contribution in [0.15, 0.2) is 39.8 Å². The molecule has 0 N–H and O–H groups in total. The van der Waals surface area contributed by atoms with E-state index in [0.717, 1.165) is 11.3 Å². The van der Waals surface area contributed by atoms with E-state index in [2.05, 4.69) is 15.5 Å². The Kier molecular flexibility index (Phi) is 4.13. The molecule has 5 heteroatoms. The third-order valence-corrected chi connectivity index (χ3v) is 1.66. The molecule has 0 amide bonds. The van der Waals surface area contributed by atoms with E-state index in [9.17, 15) is 0 Å². The second kappa shape index (κ2) is 5.37. The molecule has 0 aromatic heterocycles. The van der Waals surface area contributed by atoms with Crippen molar-refractivity contribution in [2.75, 3.05) is 28.3 Å². The Morgan fingerprint density at radius 2 is 2.00 bits per heavy atom. The van der Waals surface area contributed by atoms with Crippen molar-refractivity contribution < 1.29 is 9.33 Å². The molecule has 0 aliphatic rings. The van der Waals surface area contributed by atoms with E-state index in [4.69, 9.17) is 4.74 Å². The first-order valence-electron chi connectivity index (χ1n) is 4.92. The summed E-state index contributed by atoms with van der Waals surface area (Å²) in [5.41, 5.74) is 0.930. The van der Waals surface area contributed by atoms with Crippen molar-refractivity contribution in [3.8, 4) is 5.75 Å². The van der Waals surface area contributed by atoms with Crippen LogP contribution in [0.4, 0.5) is 0 Å². The average Bonchev–Trinajstić information content (AvgIpc) is 2.23. The number of methoxy groups -OCH3 is 1. The van der Waals surface area contributed by atoms with Crippen molar-refractivity contribution in [1.82, 2.24) is 0 Å². The van der Waals surface area contributed by atoms with Crippen molar-refractivity contribution in [1.29, 1.82) is 0 Å². The molecule has 0 aliphatic carbocycles. The van der Waals surface area contributed by atoms with Gasteiger partial charge in [0.2, 0.25) is 0 Å². The van der Waals surface area contributed by atoms with Gasteiger partial charge in [0, 0.05) is 10.4 Å². The first-order chi connectivity index (χ1) is 7.51. The maximum atomic E-state index is 5.10. The largest absolute Gasteiger partial charge is 0.497 e. The fraction of sp³-hybridized carbons (Fsp3) is 0.364. The lowest BCUT2D eigenvalue weighted by atomic mass is 10.2. The zero-order chi connectivity index (χ0) is 12.0. The van der Waals surface area contributed by atoms with Crippen molar-refractivity contribution in [3.63, 3.8) is 0 Å². The predicted octanol–water partition coefficient (Wildman–Crippen LogP) is 2.10. The number of hydrogen-bond donors (Lipinski definition) is 0. The number of rotatable bonds is 4. The van der Waals surface area contributed by atoms with Crippen LogP contribution in [-0.2, 0) is 0 Å². The van der Waals surface area contributed by atoms with E-state index >= 15 is 0 Å². The molecular formula is C11H17N4O+. The molecule has 0 fully saturated rings. The minimum absolute atomic E-state index is 0.398. The van der Waals surface area contributed by atoms with Crippen LogP contribution in [0.25, 0.3) is 0 Å². The quantitative estimate of drug-likeness (QED) is 0.332. The standard InChI is InChI=1S/C11H17N4O/c1-15(2,3)14-13-12-9-10-6-5-7-11(8-10)16-4/h5-9H,1-4H3/q+1/b12-9-,14-13+. The Morgan fingerprint density at radius 3 is 2.62 bits per heavy atom. The molecule has 0 spiro atoms. The summed E-state index contributed by atoms with van der Waals surface area (Å²) in [7, 11) is 7.35. The Morgan fingerprint density at radius 1 is 1.25 bits per heavy atom. The molecule has 0 radical (unpaired) electrons. The molecule has 0 atom stereocenters. The Bertz CT molecular complexity index is 393. The Hall–Kier alpha value is -1.75. The molecule has 16 heavy (non-hydrogen) atoms. The summed E-state index contributed by atoms with van der Waals surface area (Å²) in [5, 5.41) is 11.5. The zero-order valence-corrected chi connectivity index (χ0v) is 10.1. The zero-order valence-electron chi connectivity index (χ0n) is 10.1. The van der Waals surface area contributed by atoms with Crippen LogP contribution in [0, 0.1) is 0 Å². The molecular weight excluding hydrogens is 204 g/mol. The summed E-state index contributed by atoms with van der Waals surface area (Å²) >= 11 is 0.